The van der Waals surface area contributed by atoms with E-state index in [-0.39, 0.29) is 34.7 Å². The number of amides is 4. The first-order valence-corrected chi connectivity index (χ1v) is 19.4. The number of nitrogens with one attached hydrogen (secondary N) is 4. The Morgan fingerprint density at radius 3 is 0.846 bits per heavy atom. The summed E-state index contributed by atoms with van der Waals surface area (Å²) < 4.78 is 2.39. The summed E-state index contributed by atoms with van der Waals surface area (Å²) >= 11 is 0. The van der Waals surface area contributed by atoms with Crippen molar-refractivity contribution < 1.29 is 42.5 Å². The number of carbonyl (C=O) groups excluding carboxylic acids is 4. The summed E-state index contributed by atoms with van der Waals surface area (Å²) in [5, 5.41) is 21.9. The van der Waals surface area contributed by atoms with Gasteiger partial charge >= 0.3 is 0 Å². The molecule has 0 aromatic rings. The van der Waals surface area contributed by atoms with Crippen LogP contribution in [-0.2, 0) is 19.2 Å². The highest BCUT2D eigenvalue weighted by molar-refractivity contribution is 5.77. The van der Waals surface area contributed by atoms with Gasteiger partial charge in [0.05, 0.1) is 97.2 Å². The predicted molar refractivity (Wildman–Crippen MR) is 209 cm³/mol. The van der Waals surface area contributed by atoms with Gasteiger partial charge in [0.1, 0.15) is 6.54 Å². The second-order valence-corrected chi connectivity index (χ2v) is 17.9. The molecule has 0 rings (SSSR count). The second-order valence-electron chi connectivity index (χ2n) is 17.9. The molecule has 0 fully saturated rings. The van der Waals surface area contributed by atoms with Gasteiger partial charge < -0.3 is 44.5 Å². The molecule has 52 heavy (non-hydrogen) atoms. The molecule has 5 N–H and O–H groups in total. The van der Waals surface area contributed by atoms with Crippen molar-refractivity contribution in [1.82, 2.24) is 31.1 Å². The van der Waals surface area contributed by atoms with Crippen molar-refractivity contribution >= 4 is 23.6 Å². The van der Waals surface area contributed by atoms with Crippen molar-refractivity contribution in [2.45, 2.75) is 51.4 Å². The van der Waals surface area contributed by atoms with E-state index >= 15 is 0 Å². The molecule has 0 aliphatic rings. The Balaban J connectivity index is 5.37. The molecule has 15 heteroatoms. The maximum Gasteiger partial charge on any atom is 0.221 e. The van der Waals surface area contributed by atoms with Crippen LogP contribution >= 0.6 is 0 Å². The third-order valence-corrected chi connectivity index (χ3v) is 8.54. The summed E-state index contributed by atoms with van der Waals surface area (Å²) in [5.41, 5.74) is 0. The molecule has 0 radical (unpaired) electrons. The lowest BCUT2D eigenvalue weighted by molar-refractivity contribution is -1.07. The minimum atomic E-state index is -0.145. The van der Waals surface area contributed by atoms with Crippen molar-refractivity contribution in [1.29, 1.82) is 0 Å². The summed E-state index contributed by atoms with van der Waals surface area (Å²) in [6.07, 6.45) is 4.63. The lowest BCUT2D eigenvalue weighted by Gasteiger charge is -2.28. The number of nitrogens with zero attached hydrogens (tertiary/aromatic N) is 6. The first-order valence-electron chi connectivity index (χ1n) is 19.4. The Labute approximate surface area is 317 Å². The quantitative estimate of drug-likeness (QED) is 0.0375. The number of rotatable bonds is 31. The standard InChI is InChI=1S/C37H78N10O5/c1-44(2,3)30-12-20-38-34(48)16-24-42(25-17-35(49)39-21-13-31-45(4,5)6)28-29-43(26-18-36(50)40-22-14-32-46(7,8)9)27-19-37(51)41-23-15-33-47(10,11)52/h52H,12-33H2,1-11H3/p+4. The summed E-state index contributed by atoms with van der Waals surface area (Å²) in [5.74, 6) is -0.0925. The Hall–Kier alpha value is -2.40. The molecule has 0 aromatic carbocycles. The van der Waals surface area contributed by atoms with E-state index in [1.165, 1.54) is 0 Å². The van der Waals surface area contributed by atoms with Crippen LogP contribution in [-0.4, -0.2) is 226 Å². The van der Waals surface area contributed by atoms with E-state index in [9.17, 15) is 24.4 Å². The largest absolute Gasteiger partial charge is 0.356 e. The highest BCUT2D eigenvalue weighted by Gasteiger charge is 2.17. The molecule has 0 aliphatic carbocycles. The Kier molecular flexibility index (Phi) is 24.4. The summed E-state index contributed by atoms with van der Waals surface area (Å²) in [4.78, 5) is 55.2. The van der Waals surface area contributed by atoms with Gasteiger partial charge in [0.25, 0.3) is 0 Å². The van der Waals surface area contributed by atoms with Gasteiger partial charge in [-0.15, -0.1) is 0 Å². The summed E-state index contributed by atoms with van der Waals surface area (Å²) in [6, 6.07) is 0. The number of hydrogen-bond acceptors (Lipinski definition) is 7. The van der Waals surface area contributed by atoms with Gasteiger partial charge in [0.2, 0.25) is 23.6 Å². The summed E-state index contributed by atoms with van der Waals surface area (Å²) in [7, 11) is 22.6. The molecule has 0 heterocycles. The van der Waals surface area contributed by atoms with Crippen LogP contribution in [0.25, 0.3) is 0 Å². The molecule has 4 amide bonds. The number of carbonyl (C=O) groups is 4. The van der Waals surface area contributed by atoms with Crippen LogP contribution in [0.15, 0.2) is 0 Å². The Bertz CT molecular complexity index is 860. The highest BCUT2D eigenvalue weighted by Crippen LogP contribution is 2.02. The van der Waals surface area contributed by atoms with Gasteiger partial charge in [-0.3, -0.25) is 19.2 Å². The number of hydroxylamine groups is 3. The highest BCUT2D eigenvalue weighted by atomic mass is 16.5. The molecular weight excluding hydrogens is 664 g/mol. The smallest absolute Gasteiger partial charge is 0.221 e. The van der Waals surface area contributed by atoms with E-state index in [4.69, 9.17) is 0 Å². The molecule has 0 atom stereocenters. The van der Waals surface area contributed by atoms with Crippen LogP contribution in [0.2, 0.25) is 0 Å². The van der Waals surface area contributed by atoms with Crippen molar-refractivity contribution in [3.8, 4) is 0 Å². The van der Waals surface area contributed by atoms with Gasteiger partial charge in [-0.25, -0.2) is 5.21 Å². The van der Waals surface area contributed by atoms with Crippen LogP contribution in [0.3, 0.4) is 0 Å². The Morgan fingerprint density at radius 1 is 0.404 bits per heavy atom. The average molecular weight is 747 g/mol. The van der Waals surface area contributed by atoms with Crippen LogP contribution in [0.4, 0.5) is 0 Å². The van der Waals surface area contributed by atoms with Gasteiger partial charge in [0, 0.05) is 117 Å². The van der Waals surface area contributed by atoms with Gasteiger partial charge in [-0.05, 0) is 0 Å². The predicted octanol–water partition coefficient (Wildman–Crippen LogP) is -0.240. The third kappa shape index (κ3) is 34.7. The van der Waals surface area contributed by atoms with Crippen molar-refractivity contribution in [2.75, 3.05) is 169 Å². The maximum atomic E-state index is 12.7. The maximum absolute atomic E-state index is 12.7. The van der Waals surface area contributed by atoms with Gasteiger partial charge in [-0.2, -0.15) is 4.65 Å². The fourth-order valence-electron chi connectivity index (χ4n) is 5.38. The minimum Gasteiger partial charge on any atom is -0.356 e. The van der Waals surface area contributed by atoms with Crippen molar-refractivity contribution in [2.24, 2.45) is 0 Å². The van der Waals surface area contributed by atoms with Gasteiger partial charge in [0.15, 0.2) is 0 Å². The van der Waals surface area contributed by atoms with E-state index in [1.54, 1.807) is 14.1 Å². The first kappa shape index (κ1) is 49.6. The molecule has 0 saturated heterocycles. The fourth-order valence-corrected chi connectivity index (χ4v) is 5.38. The second kappa shape index (κ2) is 25.6. The topological polar surface area (TPSA) is 143 Å². The van der Waals surface area contributed by atoms with Crippen LogP contribution in [0.5, 0.6) is 0 Å². The SMILES string of the molecule is C[N+](C)(C)CCCNC(=O)CCN(CCC(=O)NCCC[N+](C)(C)C)CCN(CCC(=O)NCCC[N+](C)(C)C)CCC(=O)NCCC[N+](C)(C)O. The van der Waals surface area contributed by atoms with Crippen LogP contribution in [0, 0.1) is 0 Å². The number of hydrogen-bond donors (Lipinski definition) is 5. The van der Waals surface area contributed by atoms with Gasteiger partial charge in [-0.1, -0.05) is 0 Å². The van der Waals surface area contributed by atoms with Crippen molar-refractivity contribution in [3.63, 3.8) is 0 Å². The van der Waals surface area contributed by atoms with Crippen LogP contribution in [0.1, 0.15) is 51.4 Å². The molecule has 306 valence electrons. The van der Waals surface area contributed by atoms with E-state index in [0.29, 0.717) is 97.7 Å². The minimum absolute atomic E-state index is 0.00462. The Morgan fingerprint density at radius 2 is 0.635 bits per heavy atom. The molecule has 0 saturated carbocycles. The monoisotopic (exact) mass is 747 g/mol. The normalized spacial score (nSPS) is 12.7. The zero-order chi connectivity index (χ0) is 39.8. The lowest BCUT2D eigenvalue weighted by atomic mass is 10.2. The zero-order valence-electron chi connectivity index (χ0n) is 35.3. The first-order chi connectivity index (χ1) is 23.9. The van der Waals surface area contributed by atoms with Crippen LogP contribution < -0.4 is 21.3 Å². The number of quaternary nitrogens is 4. The lowest BCUT2D eigenvalue weighted by Crippen LogP contribution is -2.42. The zero-order valence-corrected chi connectivity index (χ0v) is 35.3. The van der Waals surface area contributed by atoms with Crippen molar-refractivity contribution in [3.05, 3.63) is 0 Å². The fraction of sp³-hybridized carbons (Fsp3) is 0.892. The van der Waals surface area contributed by atoms with E-state index in [1.807, 2.05) is 0 Å². The third-order valence-electron chi connectivity index (χ3n) is 8.54. The average Bonchev–Trinajstić information content (AvgIpc) is 3.00. The van der Waals surface area contributed by atoms with E-state index < -0.39 is 0 Å². The summed E-state index contributed by atoms with van der Waals surface area (Å²) in [6.45, 7) is 9.01. The van der Waals surface area contributed by atoms with E-state index in [0.717, 1.165) is 52.3 Å². The molecule has 0 unspecified atom stereocenters. The molecule has 0 aromatic heterocycles. The molecule has 0 spiro atoms. The molecule has 0 aliphatic heterocycles. The van der Waals surface area contributed by atoms with E-state index in [2.05, 4.69) is 94.5 Å². The molecular formula is C37H82N10O5+4. The molecule has 15 nitrogen and oxygen atoms in total. The molecule has 0 bridgehead atoms.